The highest BCUT2D eigenvalue weighted by molar-refractivity contribution is 5.85. The first-order chi connectivity index (χ1) is 10.4. The van der Waals surface area contributed by atoms with E-state index in [2.05, 4.69) is 10.1 Å². The third-order valence-corrected chi connectivity index (χ3v) is 4.68. The summed E-state index contributed by atoms with van der Waals surface area (Å²) in [4.78, 5) is 19.0. The summed E-state index contributed by atoms with van der Waals surface area (Å²) in [5.41, 5.74) is 5.89. The van der Waals surface area contributed by atoms with E-state index in [1.54, 1.807) is 0 Å². The number of carbonyl (C=O) groups is 1. The number of amides is 1. The molecule has 2 fully saturated rings. The van der Waals surface area contributed by atoms with Crippen LogP contribution in [0.2, 0.25) is 0 Å². The summed E-state index contributed by atoms with van der Waals surface area (Å²) in [7, 11) is 0. The highest BCUT2D eigenvalue weighted by Crippen LogP contribution is 2.39. The third-order valence-electron chi connectivity index (χ3n) is 4.68. The molecule has 23 heavy (non-hydrogen) atoms. The molecule has 1 aromatic heterocycles. The first kappa shape index (κ1) is 18.2. The van der Waals surface area contributed by atoms with Crippen molar-refractivity contribution >= 4 is 18.3 Å². The van der Waals surface area contributed by atoms with Crippen molar-refractivity contribution in [2.24, 2.45) is 11.1 Å². The minimum Gasteiger partial charge on any atom is -0.341 e. The van der Waals surface area contributed by atoms with Gasteiger partial charge in [-0.15, -0.1) is 12.4 Å². The molecule has 1 saturated heterocycles. The Kier molecular flexibility index (Phi) is 5.36. The van der Waals surface area contributed by atoms with E-state index in [1.807, 2.05) is 25.7 Å². The van der Waals surface area contributed by atoms with E-state index < -0.39 is 6.04 Å². The Labute approximate surface area is 143 Å². The van der Waals surface area contributed by atoms with Crippen LogP contribution in [0.15, 0.2) is 4.52 Å². The fraction of sp³-hybridized carbons (Fsp3) is 0.812. The summed E-state index contributed by atoms with van der Waals surface area (Å²) in [6.07, 6.45) is 4.26. The predicted molar refractivity (Wildman–Crippen MR) is 89.5 cm³/mol. The van der Waals surface area contributed by atoms with Crippen molar-refractivity contribution in [2.45, 2.75) is 64.3 Å². The topological polar surface area (TPSA) is 85.3 Å². The Hall–Kier alpha value is -1.14. The second kappa shape index (κ2) is 6.77. The summed E-state index contributed by atoms with van der Waals surface area (Å²) in [5.74, 6) is 2.19. The molecule has 1 aromatic rings. The Balaban J connectivity index is 0.00000192. The lowest BCUT2D eigenvalue weighted by atomic mass is 9.85. The molecule has 130 valence electrons. The van der Waals surface area contributed by atoms with Crippen LogP contribution in [-0.2, 0) is 4.79 Å². The molecule has 2 aliphatic rings. The summed E-state index contributed by atoms with van der Waals surface area (Å²) >= 11 is 0. The van der Waals surface area contributed by atoms with E-state index in [4.69, 9.17) is 10.3 Å². The number of hydrogen-bond acceptors (Lipinski definition) is 5. The normalized spacial score (nSPS) is 23.3. The maximum absolute atomic E-state index is 12.6. The van der Waals surface area contributed by atoms with Crippen molar-refractivity contribution in [1.82, 2.24) is 15.0 Å². The lowest BCUT2D eigenvalue weighted by Gasteiger charge is -2.36. The molecule has 0 bridgehead atoms. The number of nitrogens with zero attached hydrogens (tertiary/aromatic N) is 3. The molecule has 1 unspecified atom stereocenters. The number of aromatic nitrogens is 2. The SMILES string of the molecule is CC(C)(C)[C@H](N)C(=O)N1CCCC(c2noc(C3CC3)n2)C1.Cl. The Morgan fingerprint density at radius 3 is 2.61 bits per heavy atom. The van der Waals surface area contributed by atoms with Crippen molar-refractivity contribution in [3.8, 4) is 0 Å². The van der Waals surface area contributed by atoms with Crippen LogP contribution in [0, 0.1) is 5.41 Å². The van der Waals surface area contributed by atoms with Gasteiger partial charge in [0.2, 0.25) is 11.8 Å². The van der Waals surface area contributed by atoms with Crippen LogP contribution in [-0.4, -0.2) is 40.1 Å². The quantitative estimate of drug-likeness (QED) is 0.911. The molecule has 6 nitrogen and oxygen atoms in total. The lowest BCUT2D eigenvalue weighted by molar-refractivity contribution is -0.136. The Morgan fingerprint density at radius 1 is 1.30 bits per heavy atom. The van der Waals surface area contributed by atoms with Gasteiger partial charge in [0.05, 0.1) is 6.04 Å². The zero-order valence-electron chi connectivity index (χ0n) is 14.1. The van der Waals surface area contributed by atoms with Gasteiger partial charge in [-0.2, -0.15) is 4.98 Å². The van der Waals surface area contributed by atoms with Gasteiger partial charge in [0, 0.05) is 24.9 Å². The molecule has 7 heteroatoms. The van der Waals surface area contributed by atoms with E-state index in [1.165, 1.54) is 0 Å². The van der Waals surface area contributed by atoms with Gasteiger partial charge in [0.25, 0.3) is 0 Å². The van der Waals surface area contributed by atoms with Gasteiger partial charge < -0.3 is 15.2 Å². The second-order valence-electron chi connectivity index (χ2n) is 7.73. The van der Waals surface area contributed by atoms with Crippen LogP contribution in [0.1, 0.15) is 70.0 Å². The van der Waals surface area contributed by atoms with Crippen LogP contribution in [0.5, 0.6) is 0 Å². The Morgan fingerprint density at radius 2 is 2.00 bits per heavy atom. The number of rotatable bonds is 3. The second-order valence-corrected chi connectivity index (χ2v) is 7.73. The predicted octanol–water partition coefficient (Wildman–Crippen LogP) is 2.45. The molecule has 1 aliphatic heterocycles. The summed E-state index contributed by atoms with van der Waals surface area (Å²) in [6, 6.07) is -0.474. The molecule has 2 heterocycles. The van der Waals surface area contributed by atoms with E-state index >= 15 is 0 Å². The molecule has 0 spiro atoms. The zero-order chi connectivity index (χ0) is 15.9. The molecule has 1 saturated carbocycles. The summed E-state index contributed by atoms with van der Waals surface area (Å²) in [6.45, 7) is 7.41. The van der Waals surface area contributed by atoms with Crippen molar-refractivity contribution < 1.29 is 9.32 Å². The van der Waals surface area contributed by atoms with Crippen LogP contribution in [0.4, 0.5) is 0 Å². The van der Waals surface area contributed by atoms with Gasteiger partial charge in [-0.1, -0.05) is 25.9 Å². The van der Waals surface area contributed by atoms with Gasteiger partial charge in [-0.25, -0.2) is 0 Å². The zero-order valence-corrected chi connectivity index (χ0v) is 14.9. The van der Waals surface area contributed by atoms with Crippen LogP contribution in [0.25, 0.3) is 0 Å². The van der Waals surface area contributed by atoms with E-state index in [0.717, 1.165) is 43.9 Å². The molecule has 2 N–H and O–H groups in total. The van der Waals surface area contributed by atoms with E-state index in [0.29, 0.717) is 12.5 Å². The molecule has 1 aliphatic carbocycles. The maximum atomic E-state index is 12.6. The van der Waals surface area contributed by atoms with Crippen LogP contribution >= 0.6 is 12.4 Å². The molecular weight excluding hydrogens is 316 g/mol. The number of halogens is 1. The highest BCUT2D eigenvalue weighted by atomic mass is 35.5. The highest BCUT2D eigenvalue weighted by Gasteiger charge is 2.36. The van der Waals surface area contributed by atoms with Gasteiger partial charge >= 0.3 is 0 Å². The molecule has 0 radical (unpaired) electrons. The molecule has 1 amide bonds. The summed E-state index contributed by atoms with van der Waals surface area (Å²) in [5, 5.41) is 4.13. The molecule has 0 aromatic carbocycles. The fourth-order valence-corrected chi connectivity index (χ4v) is 2.86. The number of piperidine rings is 1. The number of nitrogens with two attached hydrogens (primary N) is 1. The van der Waals surface area contributed by atoms with Gasteiger partial charge in [-0.3, -0.25) is 4.79 Å². The van der Waals surface area contributed by atoms with Gasteiger partial charge in [-0.05, 0) is 31.1 Å². The number of hydrogen-bond donors (Lipinski definition) is 1. The first-order valence-electron chi connectivity index (χ1n) is 8.24. The van der Waals surface area contributed by atoms with Crippen molar-refractivity contribution in [3.05, 3.63) is 11.7 Å². The average Bonchev–Trinajstić information content (AvgIpc) is 3.22. The van der Waals surface area contributed by atoms with E-state index in [-0.39, 0.29) is 29.6 Å². The van der Waals surface area contributed by atoms with Gasteiger partial charge in [0.1, 0.15) is 0 Å². The maximum Gasteiger partial charge on any atom is 0.240 e. The van der Waals surface area contributed by atoms with Crippen molar-refractivity contribution in [2.75, 3.05) is 13.1 Å². The fourth-order valence-electron chi connectivity index (χ4n) is 2.86. The first-order valence-corrected chi connectivity index (χ1v) is 8.24. The monoisotopic (exact) mass is 342 g/mol. The Bertz CT molecular complexity index is 551. The summed E-state index contributed by atoms with van der Waals surface area (Å²) < 4.78 is 5.35. The van der Waals surface area contributed by atoms with Crippen molar-refractivity contribution in [3.63, 3.8) is 0 Å². The third kappa shape index (κ3) is 4.04. The number of likely N-dealkylation sites (tertiary alicyclic amines) is 1. The molecule has 3 rings (SSSR count). The molecule has 2 atom stereocenters. The minimum absolute atomic E-state index is 0. The smallest absolute Gasteiger partial charge is 0.240 e. The molecular formula is C16H27ClN4O2. The minimum atomic E-state index is -0.474. The lowest BCUT2D eigenvalue weighted by Crippen LogP contribution is -2.52. The average molecular weight is 343 g/mol. The largest absolute Gasteiger partial charge is 0.341 e. The van der Waals surface area contributed by atoms with E-state index in [9.17, 15) is 4.79 Å². The van der Waals surface area contributed by atoms with Gasteiger partial charge in [0.15, 0.2) is 5.82 Å². The van der Waals surface area contributed by atoms with Crippen LogP contribution in [0.3, 0.4) is 0 Å². The van der Waals surface area contributed by atoms with Crippen LogP contribution < -0.4 is 5.73 Å². The van der Waals surface area contributed by atoms with Crippen molar-refractivity contribution in [1.29, 1.82) is 0 Å². The standard InChI is InChI=1S/C16H26N4O2.ClH/c1-16(2,3)12(17)15(21)20-8-4-5-11(9-20)13-18-14(22-19-13)10-6-7-10;/h10-12H,4-9,17H2,1-3H3;1H/t11?,12-;/m1./s1. The number of carbonyl (C=O) groups excluding carboxylic acids is 1.